The van der Waals surface area contributed by atoms with Gasteiger partial charge in [0.1, 0.15) is 0 Å². The summed E-state index contributed by atoms with van der Waals surface area (Å²) >= 11 is 1.92. The highest BCUT2D eigenvalue weighted by Gasteiger charge is 2.21. The zero-order valence-electron chi connectivity index (χ0n) is 11.9. The topological polar surface area (TPSA) is 3.01 Å². The van der Waals surface area contributed by atoms with Crippen LogP contribution in [0.25, 0.3) is 10.8 Å². The summed E-state index contributed by atoms with van der Waals surface area (Å²) in [6.45, 7) is 2.19. The Morgan fingerprint density at radius 3 is 2.67 bits per heavy atom. The molecule has 0 unspecified atom stereocenters. The highest BCUT2D eigenvalue weighted by atomic mass is 32.2. The van der Waals surface area contributed by atoms with Gasteiger partial charge in [0, 0.05) is 11.0 Å². The molecule has 3 aromatic rings. The van der Waals surface area contributed by atoms with Crippen LogP contribution in [0.4, 0.5) is 5.69 Å². The second kappa shape index (κ2) is 5.05. The third kappa shape index (κ3) is 2.16. The fourth-order valence-electron chi connectivity index (χ4n) is 2.91. The first-order valence-electron chi connectivity index (χ1n) is 7.14. The first-order chi connectivity index (χ1) is 10.3. The second-order valence-electron chi connectivity index (χ2n) is 5.36. The number of benzene rings is 3. The van der Waals surface area contributed by atoms with Crippen LogP contribution in [-0.4, -0.2) is 16.7 Å². The lowest BCUT2D eigenvalue weighted by Gasteiger charge is -2.14. The summed E-state index contributed by atoms with van der Waals surface area (Å²) in [5, 5.41) is 2.61. The van der Waals surface area contributed by atoms with Crippen LogP contribution in [0.3, 0.4) is 0 Å². The summed E-state index contributed by atoms with van der Waals surface area (Å²) in [5.74, 6) is 0.964. The Morgan fingerprint density at radius 2 is 1.71 bits per heavy atom. The lowest BCUT2D eigenvalue weighted by atomic mass is 10.1. The fourth-order valence-corrected chi connectivity index (χ4v) is 3.98. The van der Waals surface area contributed by atoms with Crippen LogP contribution >= 0.6 is 11.8 Å². The van der Waals surface area contributed by atoms with Crippen molar-refractivity contribution in [3.05, 3.63) is 71.8 Å². The van der Waals surface area contributed by atoms with Crippen LogP contribution in [0.15, 0.2) is 65.6 Å². The standard InChI is InChI=1S/C19H16NS/c1-14-6-4-9-16-12-20(13-21-19(14)16)18-11-5-8-15-7-2-3-10-17(15)18/h2-12H,13H2,1H3/q+1. The van der Waals surface area contributed by atoms with Crippen molar-refractivity contribution in [3.8, 4) is 0 Å². The molecule has 1 aliphatic rings. The van der Waals surface area contributed by atoms with Gasteiger partial charge < -0.3 is 0 Å². The second-order valence-corrected chi connectivity index (χ2v) is 6.32. The van der Waals surface area contributed by atoms with Gasteiger partial charge in [-0.1, -0.05) is 54.2 Å². The van der Waals surface area contributed by atoms with Crippen molar-refractivity contribution in [3.63, 3.8) is 0 Å². The molecule has 1 nitrogen and oxygen atoms in total. The van der Waals surface area contributed by atoms with Crippen LogP contribution in [0, 0.1) is 6.92 Å². The van der Waals surface area contributed by atoms with Gasteiger partial charge in [-0.25, -0.2) is 0 Å². The maximum absolute atomic E-state index is 2.36. The van der Waals surface area contributed by atoms with E-state index in [0.29, 0.717) is 0 Å². The summed E-state index contributed by atoms with van der Waals surface area (Å²) in [6.07, 6.45) is 2.28. The van der Waals surface area contributed by atoms with Crippen molar-refractivity contribution in [2.24, 2.45) is 0 Å². The number of aryl methyl sites for hydroxylation is 1. The maximum Gasteiger partial charge on any atom is 0.213 e. The molecule has 102 valence electrons. The van der Waals surface area contributed by atoms with Crippen molar-refractivity contribution in [2.45, 2.75) is 11.8 Å². The molecule has 0 aromatic heterocycles. The molecule has 3 aromatic carbocycles. The van der Waals surface area contributed by atoms with Crippen molar-refractivity contribution < 1.29 is 4.58 Å². The predicted molar refractivity (Wildman–Crippen MR) is 90.9 cm³/mol. The average Bonchev–Trinajstić information content (AvgIpc) is 2.54. The Kier molecular flexibility index (Phi) is 3.04. The molecule has 0 amide bonds. The third-order valence-corrected chi connectivity index (χ3v) is 5.21. The number of fused-ring (bicyclic) bond motifs is 2. The Morgan fingerprint density at radius 1 is 0.905 bits per heavy atom. The summed E-state index contributed by atoms with van der Waals surface area (Å²) in [4.78, 5) is 1.41. The summed E-state index contributed by atoms with van der Waals surface area (Å²) < 4.78 is 2.36. The molecule has 0 bridgehead atoms. The molecular weight excluding hydrogens is 274 g/mol. The van der Waals surface area contributed by atoms with E-state index in [2.05, 4.69) is 78.4 Å². The van der Waals surface area contributed by atoms with Gasteiger partial charge in [0.25, 0.3) is 0 Å². The van der Waals surface area contributed by atoms with Gasteiger partial charge in [-0.05, 0) is 30.0 Å². The molecule has 4 rings (SSSR count). The molecular formula is C19H16NS+. The highest BCUT2D eigenvalue weighted by molar-refractivity contribution is 7.99. The molecule has 0 radical (unpaired) electrons. The average molecular weight is 290 g/mol. The molecule has 0 atom stereocenters. The van der Waals surface area contributed by atoms with Crippen molar-refractivity contribution >= 4 is 34.4 Å². The summed E-state index contributed by atoms with van der Waals surface area (Å²) in [5.41, 5.74) is 3.97. The number of thioether (sulfide) groups is 1. The summed E-state index contributed by atoms with van der Waals surface area (Å²) in [7, 11) is 0. The molecule has 0 fully saturated rings. The molecule has 21 heavy (non-hydrogen) atoms. The smallest absolute Gasteiger partial charge is 0.188 e. The van der Waals surface area contributed by atoms with E-state index in [-0.39, 0.29) is 0 Å². The Hall–Kier alpha value is -2.06. The van der Waals surface area contributed by atoms with Gasteiger partial charge in [0.05, 0.1) is 10.9 Å². The zero-order chi connectivity index (χ0) is 14.2. The van der Waals surface area contributed by atoms with Gasteiger partial charge in [0.15, 0.2) is 12.1 Å². The number of nitrogens with zero attached hydrogens (tertiary/aromatic N) is 1. The molecule has 2 heteroatoms. The molecule has 0 aliphatic carbocycles. The van der Waals surface area contributed by atoms with E-state index in [4.69, 9.17) is 0 Å². The van der Waals surface area contributed by atoms with Gasteiger partial charge in [-0.15, -0.1) is 0 Å². The quantitative estimate of drug-likeness (QED) is 0.571. The van der Waals surface area contributed by atoms with E-state index in [0.717, 1.165) is 5.88 Å². The molecule has 0 saturated heterocycles. The molecule has 0 N–H and O–H groups in total. The van der Waals surface area contributed by atoms with Gasteiger partial charge in [0.2, 0.25) is 5.69 Å². The monoisotopic (exact) mass is 290 g/mol. The normalized spacial score (nSPS) is 13.9. The number of hydrogen-bond donors (Lipinski definition) is 0. The lowest BCUT2D eigenvalue weighted by molar-refractivity contribution is -0.409. The van der Waals surface area contributed by atoms with E-state index in [9.17, 15) is 0 Å². The van der Waals surface area contributed by atoms with Crippen molar-refractivity contribution in [1.29, 1.82) is 0 Å². The highest BCUT2D eigenvalue weighted by Crippen LogP contribution is 2.33. The molecule has 1 aliphatic heterocycles. The van der Waals surface area contributed by atoms with Crippen LogP contribution in [-0.2, 0) is 0 Å². The van der Waals surface area contributed by atoms with Gasteiger partial charge in [-0.2, -0.15) is 4.58 Å². The first kappa shape index (κ1) is 12.7. The number of hydrogen-bond acceptors (Lipinski definition) is 1. The minimum atomic E-state index is 0.964. The van der Waals surface area contributed by atoms with Gasteiger partial charge >= 0.3 is 0 Å². The molecule has 0 saturated carbocycles. The SMILES string of the molecule is Cc1cccc2c1SC[N+](c1cccc3ccccc13)=C2. The van der Waals surface area contributed by atoms with E-state index < -0.39 is 0 Å². The Bertz CT molecular complexity index is 859. The minimum Gasteiger partial charge on any atom is -0.188 e. The van der Waals surface area contributed by atoms with Crippen LogP contribution in [0.2, 0.25) is 0 Å². The largest absolute Gasteiger partial charge is 0.213 e. The zero-order valence-corrected chi connectivity index (χ0v) is 12.7. The van der Waals surface area contributed by atoms with Gasteiger partial charge in [-0.3, -0.25) is 0 Å². The van der Waals surface area contributed by atoms with E-state index in [1.54, 1.807) is 0 Å². The Balaban J connectivity index is 1.91. The third-order valence-electron chi connectivity index (χ3n) is 3.96. The van der Waals surface area contributed by atoms with Crippen molar-refractivity contribution in [2.75, 3.05) is 5.88 Å². The van der Waals surface area contributed by atoms with Crippen LogP contribution in [0.1, 0.15) is 11.1 Å². The lowest BCUT2D eigenvalue weighted by Crippen LogP contribution is -2.13. The Labute approximate surface area is 128 Å². The fraction of sp³-hybridized carbons (Fsp3) is 0.105. The maximum atomic E-state index is 2.36. The van der Waals surface area contributed by atoms with Crippen LogP contribution in [0.5, 0.6) is 0 Å². The van der Waals surface area contributed by atoms with E-state index >= 15 is 0 Å². The van der Waals surface area contributed by atoms with Crippen molar-refractivity contribution in [1.82, 2.24) is 0 Å². The first-order valence-corrected chi connectivity index (χ1v) is 8.13. The predicted octanol–water partition coefficient (Wildman–Crippen LogP) is 4.97. The van der Waals surface area contributed by atoms with Crippen LogP contribution < -0.4 is 0 Å². The molecule has 1 heterocycles. The van der Waals surface area contributed by atoms with E-state index in [1.807, 2.05) is 11.8 Å². The summed E-state index contributed by atoms with van der Waals surface area (Å²) in [6, 6.07) is 21.6. The van der Waals surface area contributed by atoms with E-state index in [1.165, 1.54) is 32.5 Å². The minimum absolute atomic E-state index is 0.964. The molecule has 0 spiro atoms. The number of rotatable bonds is 1.